The first-order valence-electron chi connectivity index (χ1n) is 7.28. The first-order valence-corrected chi connectivity index (χ1v) is 7.28. The minimum absolute atomic E-state index is 0.258. The number of aromatic nitrogens is 3. The van der Waals surface area contributed by atoms with Crippen LogP contribution >= 0.6 is 0 Å². The van der Waals surface area contributed by atoms with Gasteiger partial charge in [-0.1, -0.05) is 0 Å². The summed E-state index contributed by atoms with van der Waals surface area (Å²) < 4.78 is 5.11. The monoisotopic (exact) mass is 315 g/mol. The minimum atomic E-state index is -0.609. The average Bonchev–Trinajstić information content (AvgIpc) is 3.39. The molecule has 1 fully saturated rings. The van der Waals surface area contributed by atoms with Crippen LogP contribution in [0.1, 0.15) is 40.6 Å². The molecule has 0 saturated heterocycles. The number of carbonyl (C=O) groups excluding carboxylic acids is 1. The van der Waals surface area contributed by atoms with E-state index in [4.69, 9.17) is 9.62 Å². The molecule has 120 valence electrons. The molecule has 0 N–H and O–H groups in total. The van der Waals surface area contributed by atoms with Crippen LogP contribution in [-0.2, 0) is 9.78 Å². The van der Waals surface area contributed by atoms with Gasteiger partial charge in [0.25, 0.3) is 0 Å². The van der Waals surface area contributed by atoms with Crippen molar-refractivity contribution in [3.8, 4) is 17.1 Å². The molecular weight excluding hydrogens is 298 g/mol. The van der Waals surface area contributed by atoms with Crippen molar-refractivity contribution in [2.24, 2.45) is 0 Å². The molecule has 0 aliphatic heterocycles. The molecule has 1 saturated carbocycles. The van der Waals surface area contributed by atoms with Crippen LogP contribution in [0.5, 0.6) is 5.75 Å². The number of aryl methyl sites for hydroxylation is 1. The van der Waals surface area contributed by atoms with E-state index in [9.17, 15) is 4.79 Å². The van der Waals surface area contributed by atoms with Crippen LogP contribution in [0.3, 0.4) is 0 Å². The Morgan fingerprint density at radius 2 is 2.00 bits per heavy atom. The summed E-state index contributed by atoms with van der Waals surface area (Å²) in [5, 5.41) is 0. The van der Waals surface area contributed by atoms with Crippen LogP contribution in [0, 0.1) is 6.92 Å². The quantitative estimate of drug-likeness (QED) is 0.619. The highest BCUT2D eigenvalue weighted by Gasteiger charge is 2.34. The SMILES string of the molecule is COOC(=O)c1c(-c2ccc(OC)cn2)nc(C)nc1C1CC1. The van der Waals surface area contributed by atoms with Crippen LogP contribution in [-0.4, -0.2) is 35.1 Å². The number of hydrogen-bond donors (Lipinski definition) is 0. The lowest BCUT2D eigenvalue weighted by molar-refractivity contribution is -0.216. The fourth-order valence-corrected chi connectivity index (χ4v) is 2.39. The second-order valence-corrected chi connectivity index (χ2v) is 5.27. The van der Waals surface area contributed by atoms with Crippen molar-refractivity contribution in [3.05, 3.63) is 35.4 Å². The van der Waals surface area contributed by atoms with E-state index in [0.717, 1.165) is 12.8 Å². The summed E-state index contributed by atoms with van der Waals surface area (Å²) in [6, 6.07) is 3.52. The van der Waals surface area contributed by atoms with Crippen molar-refractivity contribution in [1.82, 2.24) is 15.0 Å². The molecule has 1 aliphatic carbocycles. The highest BCUT2D eigenvalue weighted by molar-refractivity contribution is 5.96. The largest absolute Gasteiger partial charge is 0.495 e. The highest BCUT2D eigenvalue weighted by atomic mass is 17.2. The van der Waals surface area contributed by atoms with Gasteiger partial charge in [-0.25, -0.2) is 14.8 Å². The molecule has 3 rings (SSSR count). The van der Waals surface area contributed by atoms with Crippen LogP contribution < -0.4 is 4.74 Å². The molecule has 0 radical (unpaired) electrons. The summed E-state index contributed by atoms with van der Waals surface area (Å²) in [7, 11) is 2.85. The summed E-state index contributed by atoms with van der Waals surface area (Å²) in [5.41, 5.74) is 2.02. The Morgan fingerprint density at radius 1 is 1.22 bits per heavy atom. The van der Waals surface area contributed by atoms with Gasteiger partial charge in [0.2, 0.25) is 0 Å². The number of nitrogens with zero attached hydrogens (tertiary/aromatic N) is 3. The predicted octanol–water partition coefficient (Wildman–Crippen LogP) is 2.45. The van der Waals surface area contributed by atoms with Gasteiger partial charge in [0.05, 0.1) is 31.8 Å². The molecule has 2 aromatic heterocycles. The van der Waals surface area contributed by atoms with Gasteiger partial charge in [-0.2, -0.15) is 4.89 Å². The molecule has 2 aromatic rings. The Morgan fingerprint density at radius 3 is 2.57 bits per heavy atom. The second-order valence-electron chi connectivity index (χ2n) is 5.27. The molecule has 23 heavy (non-hydrogen) atoms. The fourth-order valence-electron chi connectivity index (χ4n) is 2.39. The normalized spacial score (nSPS) is 13.7. The number of ether oxygens (including phenoxy) is 1. The Kier molecular flexibility index (Phi) is 4.20. The van der Waals surface area contributed by atoms with Gasteiger partial charge in [0.1, 0.15) is 22.8 Å². The van der Waals surface area contributed by atoms with E-state index < -0.39 is 5.97 Å². The summed E-state index contributed by atoms with van der Waals surface area (Å²) in [6.45, 7) is 1.80. The van der Waals surface area contributed by atoms with Gasteiger partial charge in [-0.3, -0.25) is 9.87 Å². The lowest BCUT2D eigenvalue weighted by Gasteiger charge is -2.12. The molecule has 1 aliphatic rings. The number of rotatable bonds is 5. The number of hydrogen-bond acceptors (Lipinski definition) is 7. The van der Waals surface area contributed by atoms with Gasteiger partial charge in [-0.05, 0) is 31.9 Å². The molecule has 0 unspecified atom stereocenters. The smallest absolute Gasteiger partial charge is 0.377 e. The molecular formula is C16H17N3O4. The van der Waals surface area contributed by atoms with Gasteiger partial charge in [-0.15, -0.1) is 0 Å². The Labute approximate surface area is 133 Å². The molecule has 7 heteroatoms. The second kappa shape index (κ2) is 6.29. The van der Waals surface area contributed by atoms with Crippen molar-refractivity contribution >= 4 is 5.97 Å². The maximum atomic E-state index is 12.3. The van der Waals surface area contributed by atoms with E-state index in [1.807, 2.05) is 0 Å². The zero-order chi connectivity index (χ0) is 16.4. The van der Waals surface area contributed by atoms with Crippen molar-refractivity contribution in [3.63, 3.8) is 0 Å². The van der Waals surface area contributed by atoms with Crippen molar-refractivity contribution < 1.29 is 19.3 Å². The van der Waals surface area contributed by atoms with Crippen LogP contribution in [0.25, 0.3) is 11.4 Å². The number of pyridine rings is 1. The average molecular weight is 315 g/mol. The van der Waals surface area contributed by atoms with E-state index >= 15 is 0 Å². The first kappa shape index (κ1) is 15.4. The lowest BCUT2D eigenvalue weighted by Crippen LogP contribution is -2.14. The van der Waals surface area contributed by atoms with Gasteiger partial charge < -0.3 is 4.74 Å². The van der Waals surface area contributed by atoms with Crippen LogP contribution in [0.2, 0.25) is 0 Å². The summed E-state index contributed by atoms with van der Waals surface area (Å²) in [4.78, 5) is 34.8. The van der Waals surface area contributed by atoms with E-state index in [2.05, 4.69) is 19.8 Å². The van der Waals surface area contributed by atoms with Gasteiger partial charge in [0.15, 0.2) is 0 Å². The topological polar surface area (TPSA) is 83.4 Å². The summed E-state index contributed by atoms with van der Waals surface area (Å²) >= 11 is 0. The van der Waals surface area contributed by atoms with E-state index in [-0.39, 0.29) is 5.92 Å². The standard InChI is InChI=1S/C16H17N3O4/c1-9-18-14(10-4-5-10)13(16(20)23-22-3)15(19-9)12-7-6-11(21-2)8-17-12/h6-8,10H,4-5H2,1-3H3. The molecule has 0 bridgehead atoms. The van der Waals surface area contributed by atoms with Gasteiger partial charge in [0, 0.05) is 5.92 Å². The van der Waals surface area contributed by atoms with Crippen molar-refractivity contribution in [2.45, 2.75) is 25.7 Å². The zero-order valence-corrected chi connectivity index (χ0v) is 13.2. The Hall–Kier alpha value is -2.54. The van der Waals surface area contributed by atoms with E-state index in [1.54, 1.807) is 32.4 Å². The zero-order valence-electron chi connectivity index (χ0n) is 13.2. The third kappa shape index (κ3) is 3.14. The highest BCUT2D eigenvalue weighted by Crippen LogP contribution is 2.42. The molecule has 0 amide bonds. The maximum absolute atomic E-state index is 12.3. The van der Waals surface area contributed by atoms with Crippen LogP contribution in [0.15, 0.2) is 18.3 Å². The lowest BCUT2D eigenvalue weighted by atomic mass is 10.1. The third-order valence-corrected chi connectivity index (χ3v) is 3.59. The van der Waals surface area contributed by atoms with Gasteiger partial charge >= 0.3 is 5.97 Å². The summed E-state index contributed by atoms with van der Waals surface area (Å²) in [5.74, 6) is 0.867. The fraction of sp³-hybridized carbons (Fsp3) is 0.375. The molecule has 0 spiro atoms. The first-order chi connectivity index (χ1) is 11.1. The minimum Gasteiger partial charge on any atom is -0.495 e. The predicted molar refractivity (Wildman–Crippen MR) is 81.0 cm³/mol. The van der Waals surface area contributed by atoms with Crippen molar-refractivity contribution in [1.29, 1.82) is 0 Å². The maximum Gasteiger partial charge on any atom is 0.377 e. The Bertz CT molecular complexity index is 727. The molecule has 2 heterocycles. The van der Waals surface area contributed by atoms with E-state index in [1.165, 1.54) is 7.11 Å². The number of methoxy groups -OCH3 is 1. The molecule has 7 nitrogen and oxygen atoms in total. The Balaban J connectivity index is 2.14. The van der Waals surface area contributed by atoms with Crippen LogP contribution in [0.4, 0.5) is 0 Å². The number of carbonyl (C=O) groups is 1. The molecule has 0 aromatic carbocycles. The van der Waals surface area contributed by atoms with E-state index in [0.29, 0.717) is 34.2 Å². The molecule has 0 atom stereocenters. The summed E-state index contributed by atoms with van der Waals surface area (Å²) in [6.07, 6.45) is 3.58. The third-order valence-electron chi connectivity index (χ3n) is 3.59. The van der Waals surface area contributed by atoms with Crippen molar-refractivity contribution in [2.75, 3.05) is 14.2 Å².